The fourth-order valence-corrected chi connectivity index (χ4v) is 2.96. The van der Waals surface area contributed by atoms with Gasteiger partial charge < -0.3 is 10.1 Å². The lowest BCUT2D eigenvalue weighted by molar-refractivity contribution is 0.102. The van der Waals surface area contributed by atoms with Gasteiger partial charge in [-0.25, -0.2) is 14.4 Å². The van der Waals surface area contributed by atoms with Crippen LogP contribution in [0, 0.1) is 5.82 Å². The van der Waals surface area contributed by atoms with Gasteiger partial charge in [-0.1, -0.05) is 23.7 Å². The van der Waals surface area contributed by atoms with E-state index >= 15 is 0 Å². The van der Waals surface area contributed by atoms with Gasteiger partial charge in [-0.15, -0.1) is 0 Å². The van der Waals surface area contributed by atoms with E-state index in [4.69, 9.17) is 16.3 Å². The molecule has 7 heteroatoms. The molecule has 148 valence electrons. The first-order chi connectivity index (χ1) is 14.6. The van der Waals surface area contributed by atoms with E-state index in [1.807, 2.05) is 0 Å². The number of aromatic nitrogens is 2. The van der Waals surface area contributed by atoms with Crippen LogP contribution in [0.1, 0.15) is 10.4 Å². The van der Waals surface area contributed by atoms with Gasteiger partial charge >= 0.3 is 0 Å². The van der Waals surface area contributed by atoms with E-state index in [0.29, 0.717) is 33.6 Å². The smallest absolute Gasteiger partial charge is 0.255 e. The van der Waals surface area contributed by atoms with Crippen LogP contribution in [0.2, 0.25) is 5.02 Å². The SMILES string of the molecule is O=C(Nc1cccc(Cl)c1)c1cccc(Oc2cc(-c3ccc(F)cc3)ncn2)c1. The number of carbonyl (C=O) groups is 1. The van der Waals surface area contributed by atoms with E-state index in [2.05, 4.69) is 15.3 Å². The Morgan fingerprint density at radius 2 is 1.73 bits per heavy atom. The van der Waals surface area contributed by atoms with Crippen LogP contribution in [-0.4, -0.2) is 15.9 Å². The molecule has 0 radical (unpaired) electrons. The number of nitrogens with one attached hydrogen (secondary N) is 1. The van der Waals surface area contributed by atoms with Gasteiger partial charge in [0.2, 0.25) is 5.88 Å². The molecule has 0 unspecified atom stereocenters. The van der Waals surface area contributed by atoms with Crippen molar-refractivity contribution in [1.82, 2.24) is 9.97 Å². The number of carbonyl (C=O) groups excluding carboxylic acids is 1. The number of hydrogen-bond acceptors (Lipinski definition) is 4. The van der Waals surface area contributed by atoms with Crippen molar-refractivity contribution in [1.29, 1.82) is 0 Å². The third-order valence-electron chi connectivity index (χ3n) is 4.18. The topological polar surface area (TPSA) is 64.1 Å². The molecule has 1 amide bonds. The van der Waals surface area contributed by atoms with Crippen LogP contribution in [0.25, 0.3) is 11.3 Å². The Bertz CT molecular complexity index is 1200. The zero-order valence-electron chi connectivity index (χ0n) is 15.5. The van der Waals surface area contributed by atoms with Gasteiger partial charge in [0.1, 0.15) is 17.9 Å². The van der Waals surface area contributed by atoms with Gasteiger partial charge in [0.15, 0.2) is 0 Å². The summed E-state index contributed by atoms with van der Waals surface area (Å²) in [6, 6.07) is 21.2. The quantitative estimate of drug-likeness (QED) is 0.432. The van der Waals surface area contributed by atoms with Crippen molar-refractivity contribution < 1.29 is 13.9 Å². The number of halogens is 2. The van der Waals surface area contributed by atoms with E-state index in [1.54, 1.807) is 66.7 Å². The molecule has 1 aromatic heterocycles. The highest BCUT2D eigenvalue weighted by Gasteiger charge is 2.09. The predicted octanol–water partition coefficient (Wildman–Crippen LogP) is 5.98. The van der Waals surface area contributed by atoms with Crippen LogP contribution in [0.5, 0.6) is 11.6 Å². The Labute approximate surface area is 177 Å². The summed E-state index contributed by atoms with van der Waals surface area (Å²) < 4.78 is 18.9. The van der Waals surface area contributed by atoms with Crippen molar-refractivity contribution in [3.63, 3.8) is 0 Å². The zero-order valence-corrected chi connectivity index (χ0v) is 16.3. The van der Waals surface area contributed by atoms with Crippen molar-refractivity contribution in [2.75, 3.05) is 5.32 Å². The minimum atomic E-state index is -0.322. The highest BCUT2D eigenvalue weighted by atomic mass is 35.5. The molecule has 0 bridgehead atoms. The number of amides is 1. The number of hydrogen-bond donors (Lipinski definition) is 1. The molecule has 4 rings (SSSR count). The van der Waals surface area contributed by atoms with E-state index in [0.717, 1.165) is 5.56 Å². The van der Waals surface area contributed by atoms with Crippen LogP contribution < -0.4 is 10.1 Å². The lowest BCUT2D eigenvalue weighted by Gasteiger charge is -2.09. The molecule has 0 aliphatic carbocycles. The number of ether oxygens (including phenoxy) is 1. The monoisotopic (exact) mass is 419 g/mol. The van der Waals surface area contributed by atoms with Crippen molar-refractivity contribution in [3.8, 4) is 22.9 Å². The van der Waals surface area contributed by atoms with E-state index in [1.165, 1.54) is 18.5 Å². The maximum absolute atomic E-state index is 13.1. The number of nitrogens with zero attached hydrogens (tertiary/aromatic N) is 2. The first kappa shape index (κ1) is 19.5. The fourth-order valence-electron chi connectivity index (χ4n) is 2.76. The van der Waals surface area contributed by atoms with Crippen molar-refractivity contribution in [3.05, 3.63) is 102 Å². The van der Waals surface area contributed by atoms with Gasteiger partial charge in [0.25, 0.3) is 5.91 Å². The van der Waals surface area contributed by atoms with Crippen LogP contribution >= 0.6 is 11.6 Å². The molecule has 0 saturated carbocycles. The minimum absolute atomic E-state index is 0.294. The highest BCUT2D eigenvalue weighted by Crippen LogP contribution is 2.25. The molecule has 0 saturated heterocycles. The van der Waals surface area contributed by atoms with Gasteiger partial charge in [-0.05, 0) is 60.7 Å². The summed E-state index contributed by atoms with van der Waals surface area (Å²) in [5.41, 5.74) is 2.34. The second-order valence-corrected chi connectivity index (χ2v) is 6.78. The number of anilines is 1. The molecule has 30 heavy (non-hydrogen) atoms. The summed E-state index contributed by atoms with van der Waals surface area (Å²) >= 11 is 5.95. The molecule has 1 N–H and O–H groups in total. The van der Waals surface area contributed by atoms with Crippen molar-refractivity contribution in [2.24, 2.45) is 0 Å². The second kappa shape index (κ2) is 8.71. The Morgan fingerprint density at radius 1 is 0.933 bits per heavy atom. The molecule has 0 spiro atoms. The van der Waals surface area contributed by atoms with Gasteiger partial charge in [0, 0.05) is 27.9 Å². The lowest BCUT2D eigenvalue weighted by Crippen LogP contribution is -2.11. The summed E-state index contributed by atoms with van der Waals surface area (Å²) in [6.07, 6.45) is 1.36. The molecule has 0 atom stereocenters. The van der Waals surface area contributed by atoms with Gasteiger partial charge in [-0.2, -0.15) is 0 Å². The average molecular weight is 420 g/mol. The molecule has 0 aliphatic rings. The summed E-state index contributed by atoms with van der Waals surface area (Å²) in [6.45, 7) is 0. The molecule has 0 aliphatic heterocycles. The first-order valence-corrected chi connectivity index (χ1v) is 9.37. The number of benzene rings is 3. The van der Waals surface area contributed by atoms with Crippen LogP contribution in [0.15, 0.2) is 85.2 Å². The Hall–Kier alpha value is -3.77. The lowest BCUT2D eigenvalue weighted by atomic mass is 10.1. The molecule has 4 aromatic rings. The van der Waals surface area contributed by atoms with Crippen LogP contribution in [-0.2, 0) is 0 Å². The Kier molecular flexibility index (Phi) is 5.68. The molecule has 5 nitrogen and oxygen atoms in total. The van der Waals surface area contributed by atoms with E-state index < -0.39 is 0 Å². The third kappa shape index (κ3) is 4.79. The summed E-state index contributed by atoms with van der Waals surface area (Å²) in [7, 11) is 0. The molecule has 1 heterocycles. The average Bonchev–Trinajstić information content (AvgIpc) is 2.75. The second-order valence-electron chi connectivity index (χ2n) is 6.34. The summed E-state index contributed by atoms with van der Waals surface area (Å²) in [4.78, 5) is 20.8. The Balaban J connectivity index is 1.51. The summed E-state index contributed by atoms with van der Waals surface area (Å²) in [5, 5.41) is 3.32. The van der Waals surface area contributed by atoms with Crippen LogP contribution in [0.3, 0.4) is 0 Å². The van der Waals surface area contributed by atoms with Gasteiger partial charge in [-0.3, -0.25) is 4.79 Å². The predicted molar refractivity (Wildman–Crippen MR) is 113 cm³/mol. The van der Waals surface area contributed by atoms with Crippen LogP contribution in [0.4, 0.5) is 10.1 Å². The first-order valence-electron chi connectivity index (χ1n) is 9.00. The highest BCUT2D eigenvalue weighted by molar-refractivity contribution is 6.31. The maximum atomic E-state index is 13.1. The Morgan fingerprint density at radius 3 is 2.53 bits per heavy atom. The largest absolute Gasteiger partial charge is 0.439 e. The third-order valence-corrected chi connectivity index (χ3v) is 4.42. The minimum Gasteiger partial charge on any atom is -0.439 e. The molecule has 3 aromatic carbocycles. The zero-order chi connectivity index (χ0) is 20.9. The normalized spacial score (nSPS) is 10.5. The molecular formula is C23H15ClFN3O2. The van der Waals surface area contributed by atoms with Gasteiger partial charge in [0.05, 0.1) is 5.69 Å². The number of rotatable bonds is 5. The van der Waals surface area contributed by atoms with E-state index in [-0.39, 0.29) is 11.7 Å². The standard InChI is InChI=1S/C23H15ClFN3O2/c24-17-4-2-5-19(12-17)28-23(29)16-3-1-6-20(11-16)30-22-13-21(26-14-27-22)15-7-9-18(25)10-8-15/h1-14H,(H,28,29). The summed E-state index contributed by atoms with van der Waals surface area (Å²) in [5.74, 6) is 0.128. The fraction of sp³-hybridized carbons (Fsp3) is 0. The van der Waals surface area contributed by atoms with Crippen molar-refractivity contribution >= 4 is 23.2 Å². The maximum Gasteiger partial charge on any atom is 0.255 e. The molecular weight excluding hydrogens is 405 g/mol. The van der Waals surface area contributed by atoms with Crippen molar-refractivity contribution in [2.45, 2.75) is 0 Å². The van der Waals surface area contributed by atoms with E-state index in [9.17, 15) is 9.18 Å². The molecule has 0 fully saturated rings.